The summed E-state index contributed by atoms with van der Waals surface area (Å²) in [7, 11) is 0. The largest absolute Gasteiger partial charge is 0.376 e. The van der Waals surface area contributed by atoms with E-state index in [4.69, 9.17) is 4.74 Å². The molecule has 1 atom stereocenters. The zero-order valence-corrected chi connectivity index (χ0v) is 15.1. The van der Waals surface area contributed by atoms with Gasteiger partial charge in [-0.25, -0.2) is 0 Å². The van der Waals surface area contributed by atoms with Crippen LogP contribution in [0.1, 0.15) is 18.4 Å². The lowest BCUT2D eigenvalue weighted by Gasteiger charge is -2.09. The third kappa shape index (κ3) is 5.19. The number of benzene rings is 1. The number of aryl methyl sites for hydroxylation is 1. The molecule has 0 saturated carbocycles. The van der Waals surface area contributed by atoms with E-state index in [9.17, 15) is 4.79 Å². The van der Waals surface area contributed by atoms with Crippen molar-refractivity contribution in [3.8, 4) is 0 Å². The van der Waals surface area contributed by atoms with Crippen molar-refractivity contribution in [2.75, 3.05) is 24.2 Å². The van der Waals surface area contributed by atoms with Crippen molar-refractivity contribution < 1.29 is 9.53 Å². The van der Waals surface area contributed by atoms with E-state index < -0.39 is 0 Å². The summed E-state index contributed by atoms with van der Waals surface area (Å²) in [5.74, 6) is 0.338. The van der Waals surface area contributed by atoms with E-state index in [1.54, 1.807) is 0 Å². The number of rotatable bonds is 7. The van der Waals surface area contributed by atoms with Crippen LogP contribution in [0.4, 0.5) is 10.8 Å². The van der Waals surface area contributed by atoms with E-state index in [0.717, 1.165) is 34.6 Å². The molecule has 2 N–H and O–H groups in total. The van der Waals surface area contributed by atoms with Crippen LogP contribution < -0.4 is 10.6 Å². The number of nitrogens with one attached hydrogen (secondary N) is 2. The molecule has 8 heteroatoms. The zero-order chi connectivity index (χ0) is 16.8. The Hall–Kier alpha value is -1.64. The van der Waals surface area contributed by atoms with Gasteiger partial charge in [0.2, 0.25) is 11.0 Å². The van der Waals surface area contributed by atoms with E-state index >= 15 is 0 Å². The van der Waals surface area contributed by atoms with E-state index in [-0.39, 0.29) is 12.0 Å². The van der Waals surface area contributed by atoms with Gasteiger partial charge in [0.15, 0.2) is 4.34 Å². The molecule has 0 unspecified atom stereocenters. The van der Waals surface area contributed by atoms with Crippen LogP contribution >= 0.6 is 23.1 Å². The number of anilines is 2. The lowest BCUT2D eigenvalue weighted by Crippen LogP contribution is -2.32. The van der Waals surface area contributed by atoms with E-state index in [0.29, 0.717) is 12.3 Å². The molecule has 1 aromatic carbocycles. The van der Waals surface area contributed by atoms with Crippen LogP contribution in [0.15, 0.2) is 28.6 Å². The Morgan fingerprint density at radius 3 is 2.96 bits per heavy atom. The molecule has 0 spiro atoms. The maximum atomic E-state index is 11.9. The van der Waals surface area contributed by atoms with Gasteiger partial charge < -0.3 is 15.4 Å². The first-order chi connectivity index (χ1) is 11.7. The average molecular weight is 364 g/mol. The Kier molecular flexibility index (Phi) is 6.06. The standard InChI is InChI=1S/C16H20N4O2S2/c1-11-4-6-12(7-5-11)18-15-19-20-16(24-15)23-10-14(21)17-9-13-3-2-8-22-13/h4-7,13H,2-3,8-10H2,1H3,(H,17,21)(H,18,19)/t13-/m0/s1. The fourth-order valence-electron chi connectivity index (χ4n) is 2.29. The average Bonchev–Trinajstić information content (AvgIpc) is 3.25. The number of carbonyl (C=O) groups is 1. The smallest absolute Gasteiger partial charge is 0.230 e. The topological polar surface area (TPSA) is 76.1 Å². The van der Waals surface area contributed by atoms with Gasteiger partial charge in [-0.1, -0.05) is 40.8 Å². The molecule has 0 bridgehead atoms. The zero-order valence-electron chi connectivity index (χ0n) is 13.4. The number of carbonyl (C=O) groups excluding carboxylic acids is 1. The molecule has 3 rings (SSSR count). The Bertz CT molecular complexity index is 669. The van der Waals surface area contributed by atoms with Crippen molar-refractivity contribution in [2.24, 2.45) is 0 Å². The fourth-order valence-corrected chi connectivity index (χ4v) is 3.89. The monoisotopic (exact) mass is 364 g/mol. The van der Waals surface area contributed by atoms with Crippen LogP contribution in [0.2, 0.25) is 0 Å². The highest BCUT2D eigenvalue weighted by Crippen LogP contribution is 2.27. The summed E-state index contributed by atoms with van der Waals surface area (Å²) >= 11 is 2.84. The minimum absolute atomic E-state index is 0.00116. The highest BCUT2D eigenvalue weighted by molar-refractivity contribution is 8.01. The number of hydrogen-bond acceptors (Lipinski definition) is 7. The van der Waals surface area contributed by atoms with Crippen LogP contribution in [0.3, 0.4) is 0 Å². The number of amides is 1. The third-order valence-corrected chi connectivity index (χ3v) is 5.56. The first-order valence-corrected chi connectivity index (χ1v) is 9.67. The van der Waals surface area contributed by atoms with Gasteiger partial charge in [-0.3, -0.25) is 4.79 Å². The maximum absolute atomic E-state index is 11.9. The molecule has 6 nitrogen and oxygen atoms in total. The van der Waals surface area contributed by atoms with Crippen LogP contribution in [-0.4, -0.2) is 41.1 Å². The van der Waals surface area contributed by atoms with Crippen molar-refractivity contribution in [2.45, 2.75) is 30.2 Å². The van der Waals surface area contributed by atoms with E-state index in [1.807, 2.05) is 31.2 Å². The minimum atomic E-state index is -0.00116. The lowest BCUT2D eigenvalue weighted by atomic mass is 10.2. The Morgan fingerprint density at radius 1 is 1.38 bits per heavy atom. The highest BCUT2D eigenvalue weighted by Gasteiger charge is 2.16. The molecule has 1 aliphatic rings. The molecule has 128 valence electrons. The summed E-state index contributed by atoms with van der Waals surface area (Å²) < 4.78 is 6.26. The normalized spacial score (nSPS) is 17.0. The van der Waals surface area contributed by atoms with Crippen molar-refractivity contribution in [3.63, 3.8) is 0 Å². The second kappa shape index (κ2) is 8.46. The van der Waals surface area contributed by atoms with Crippen LogP contribution in [-0.2, 0) is 9.53 Å². The molecule has 1 fully saturated rings. The lowest BCUT2D eigenvalue weighted by molar-refractivity contribution is -0.119. The number of nitrogens with zero attached hydrogens (tertiary/aromatic N) is 2. The van der Waals surface area contributed by atoms with Gasteiger partial charge in [0.05, 0.1) is 11.9 Å². The Balaban J connectivity index is 1.42. The summed E-state index contributed by atoms with van der Waals surface area (Å²) in [4.78, 5) is 11.9. The molecule has 24 heavy (non-hydrogen) atoms. The molecule has 2 heterocycles. The number of aromatic nitrogens is 2. The Morgan fingerprint density at radius 2 is 2.21 bits per heavy atom. The number of ether oxygens (including phenoxy) is 1. The Labute approximate surface area is 149 Å². The van der Waals surface area contributed by atoms with Crippen LogP contribution in [0, 0.1) is 6.92 Å². The second-order valence-electron chi connectivity index (χ2n) is 5.59. The second-order valence-corrected chi connectivity index (χ2v) is 7.79. The molecular weight excluding hydrogens is 344 g/mol. The summed E-state index contributed by atoms with van der Waals surface area (Å²) in [5.41, 5.74) is 2.19. The molecule has 1 aromatic heterocycles. The molecule has 1 aliphatic heterocycles. The van der Waals surface area contributed by atoms with Gasteiger partial charge in [0.25, 0.3) is 0 Å². The first-order valence-electron chi connectivity index (χ1n) is 7.87. The number of thioether (sulfide) groups is 1. The van der Waals surface area contributed by atoms with Crippen molar-refractivity contribution in [1.29, 1.82) is 0 Å². The first kappa shape index (κ1) is 17.2. The van der Waals surface area contributed by atoms with Gasteiger partial charge >= 0.3 is 0 Å². The van der Waals surface area contributed by atoms with Gasteiger partial charge in [-0.2, -0.15) is 0 Å². The van der Waals surface area contributed by atoms with Gasteiger partial charge in [0.1, 0.15) is 0 Å². The van der Waals surface area contributed by atoms with Crippen molar-refractivity contribution in [3.05, 3.63) is 29.8 Å². The molecule has 0 radical (unpaired) electrons. The van der Waals surface area contributed by atoms with Crippen LogP contribution in [0.5, 0.6) is 0 Å². The maximum Gasteiger partial charge on any atom is 0.230 e. The predicted octanol–water partition coefficient (Wildman–Crippen LogP) is 2.98. The summed E-state index contributed by atoms with van der Waals surface area (Å²) in [5, 5.41) is 15.1. The molecule has 1 saturated heterocycles. The van der Waals surface area contributed by atoms with E-state index in [1.165, 1.54) is 28.7 Å². The van der Waals surface area contributed by atoms with Gasteiger partial charge in [-0.05, 0) is 31.9 Å². The van der Waals surface area contributed by atoms with Crippen molar-refractivity contribution >= 4 is 39.8 Å². The minimum Gasteiger partial charge on any atom is -0.376 e. The summed E-state index contributed by atoms with van der Waals surface area (Å²) in [6, 6.07) is 8.08. The molecule has 0 aliphatic carbocycles. The summed E-state index contributed by atoms with van der Waals surface area (Å²) in [6.45, 7) is 3.44. The quantitative estimate of drug-likeness (QED) is 0.736. The molecule has 1 amide bonds. The van der Waals surface area contributed by atoms with Crippen LogP contribution in [0.25, 0.3) is 0 Å². The van der Waals surface area contributed by atoms with Crippen molar-refractivity contribution in [1.82, 2.24) is 15.5 Å². The summed E-state index contributed by atoms with van der Waals surface area (Å²) in [6.07, 6.45) is 2.28. The highest BCUT2D eigenvalue weighted by atomic mass is 32.2. The van der Waals surface area contributed by atoms with Gasteiger partial charge in [-0.15, -0.1) is 10.2 Å². The fraction of sp³-hybridized carbons (Fsp3) is 0.438. The molecule has 2 aromatic rings. The SMILES string of the molecule is Cc1ccc(Nc2nnc(SCC(=O)NC[C@@H]3CCCO3)s2)cc1. The predicted molar refractivity (Wildman–Crippen MR) is 97.1 cm³/mol. The third-order valence-electron chi connectivity index (χ3n) is 3.59. The number of hydrogen-bond donors (Lipinski definition) is 2. The molecular formula is C16H20N4O2S2. The van der Waals surface area contributed by atoms with Gasteiger partial charge in [0, 0.05) is 18.8 Å². The van der Waals surface area contributed by atoms with E-state index in [2.05, 4.69) is 20.8 Å².